The molecule has 1 fully saturated rings. The molecular weight excluding hydrogens is 431 g/mol. The van der Waals surface area contributed by atoms with Gasteiger partial charge in [-0.05, 0) is 104 Å². The van der Waals surface area contributed by atoms with Gasteiger partial charge in [-0.3, -0.25) is 4.99 Å². The minimum atomic E-state index is -0.186. The molecule has 188 valence electrons. The lowest BCUT2D eigenvalue weighted by Crippen LogP contribution is -2.36. The third-order valence-electron chi connectivity index (χ3n) is 7.44. The van der Waals surface area contributed by atoms with Gasteiger partial charge in [0.2, 0.25) is 0 Å². The van der Waals surface area contributed by atoms with Gasteiger partial charge < -0.3 is 4.90 Å². The van der Waals surface area contributed by atoms with E-state index in [1.165, 1.54) is 28.1 Å². The quantitative estimate of drug-likeness (QED) is 0.331. The highest BCUT2D eigenvalue weighted by Crippen LogP contribution is 2.33. The van der Waals surface area contributed by atoms with Crippen LogP contribution in [0.3, 0.4) is 0 Å². The molecule has 2 aromatic rings. The van der Waals surface area contributed by atoms with Crippen molar-refractivity contribution in [3.63, 3.8) is 0 Å². The molecule has 0 aromatic heterocycles. The van der Waals surface area contributed by atoms with Crippen molar-refractivity contribution in [2.75, 3.05) is 13.1 Å². The van der Waals surface area contributed by atoms with Crippen LogP contribution in [-0.4, -0.2) is 23.7 Å². The average Bonchev–Trinajstić information content (AvgIpc) is 2.84. The van der Waals surface area contributed by atoms with Crippen molar-refractivity contribution in [2.45, 2.75) is 73.6 Å². The maximum absolute atomic E-state index is 13.8. The number of aliphatic imine (C=N–C) groups is 1. The van der Waals surface area contributed by atoms with Gasteiger partial charge in [0.05, 0.1) is 5.69 Å². The van der Waals surface area contributed by atoms with Gasteiger partial charge >= 0.3 is 0 Å². The fraction of sp³-hybridized carbons (Fsp3) is 0.469. The van der Waals surface area contributed by atoms with E-state index < -0.39 is 0 Å². The number of hydrogen-bond acceptors (Lipinski definition) is 2. The lowest BCUT2D eigenvalue weighted by molar-refractivity contribution is 0.258. The topological polar surface area (TPSA) is 15.6 Å². The van der Waals surface area contributed by atoms with E-state index in [1.807, 2.05) is 13.0 Å². The zero-order valence-electron chi connectivity index (χ0n) is 22.6. The summed E-state index contributed by atoms with van der Waals surface area (Å²) in [6.07, 6.45) is 7.74. The second-order valence-electron chi connectivity index (χ2n) is 10.2. The van der Waals surface area contributed by atoms with E-state index in [1.54, 1.807) is 12.1 Å². The highest BCUT2D eigenvalue weighted by Gasteiger charge is 2.26. The van der Waals surface area contributed by atoms with Crippen LogP contribution in [0.25, 0.3) is 5.57 Å². The molecule has 0 bridgehead atoms. The largest absolute Gasteiger partial charge is 0.375 e. The monoisotopic (exact) mass is 474 g/mol. The average molecular weight is 475 g/mol. The number of aryl methyl sites for hydroxylation is 2. The van der Waals surface area contributed by atoms with Gasteiger partial charge in [-0.25, -0.2) is 4.39 Å². The van der Waals surface area contributed by atoms with Gasteiger partial charge in [0.15, 0.2) is 0 Å². The van der Waals surface area contributed by atoms with Gasteiger partial charge in [-0.15, -0.1) is 0 Å². The fourth-order valence-corrected chi connectivity index (χ4v) is 5.06. The maximum Gasteiger partial charge on any atom is 0.123 e. The van der Waals surface area contributed by atoms with Gasteiger partial charge in [0.1, 0.15) is 5.82 Å². The Balaban J connectivity index is 1.95. The molecule has 3 heteroatoms. The zero-order valence-corrected chi connectivity index (χ0v) is 22.6. The molecule has 2 aromatic carbocycles. The summed E-state index contributed by atoms with van der Waals surface area (Å²) in [6.45, 7) is 19.3. The van der Waals surface area contributed by atoms with Gasteiger partial charge in [0.25, 0.3) is 0 Å². The number of allylic oxidation sites excluding steroid dienone is 2. The minimum absolute atomic E-state index is 0.186. The van der Waals surface area contributed by atoms with Gasteiger partial charge in [-0.2, -0.15) is 0 Å². The summed E-state index contributed by atoms with van der Waals surface area (Å²) in [5.41, 5.74) is 9.18. The van der Waals surface area contributed by atoms with Gasteiger partial charge in [-0.1, -0.05) is 52.0 Å². The molecule has 3 rings (SSSR count). The predicted molar refractivity (Wildman–Crippen MR) is 150 cm³/mol. The number of halogens is 1. The van der Waals surface area contributed by atoms with Crippen LogP contribution in [0.1, 0.15) is 82.1 Å². The molecule has 1 heterocycles. The van der Waals surface area contributed by atoms with Crippen molar-refractivity contribution in [1.29, 1.82) is 0 Å². The molecule has 1 aliphatic rings. The lowest BCUT2D eigenvalue weighted by Gasteiger charge is -2.35. The van der Waals surface area contributed by atoms with E-state index in [0.717, 1.165) is 62.0 Å². The molecule has 1 unspecified atom stereocenters. The molecule has 1 saturated heterocycles. The maximum atomic E-state index is 13.8. The Kier molecular flexibility index (Phi) is 9.48. The number of hydrogen-bond donors (Lipinski definition) is 0. The first-order valence-corrected chi connectivity index (χ1v) is 13.3. The van der Waals surface area contributed by atoms with Crippen LogP contribution >= 0.6 is 0 Å². The van der Waals surface area contributed by atoms with E-state index in [0.29, 0.717) is 11.8 Å². The predicted octanol–water partition coefficient (Wildman–Crippen LogP) is 9.04. The molecule has 1 aliphatic heterocycles. The molecule has 2 nitrogen and oxygen atoms in total. The first-order valence-electron chi connectivity index (χ1n) is 13.3. The first kappa shape index (κ1) is 26.9. The molecule has 0 saturated carbocycles. The number of benzene rings is 2. The molecule has 0 N–H and O–H groups in total. The Labute approximate surface area is 212 Å². The number of nitrogens with zero attached hydrogens (tertiary/aromatic N) is 2. The Morgan fingerprint density at radius 2 is 1.83 bits per heavy atom. The summed E-state index contributed by atoms with van der Waals surface area (Å²) in [6, 6.07) is 11.7. The van der Waals surface area contributed by atoms with E-state index in [4.69, 9.17) is 4.99 Å². The Morgan fingerprint density at radius 1 is 1.11 bits per heavy atom. The van der Waals surface area contributed by atoms with Gasteiger partial charge in [0, 0.05) is 30.4 Å². The Hall–Kier alpha value is -2.68. The molecule has 35 heavy (non-hydrogen) atoms. The van der Waals surface area contributed by atoms with Crippen LogP contribution < -0.4 is 0 Å². The number of unbranched alkanes of at least 4 members (excludes halogenated alkanes) is 1. The molecule has 0 radical (unpaired) electrons. The summed E-state index contributed by atoms with van der Waals surface area (Å²) in [4.78, 5) is 7.69. The third kappa shape index (κ3) is 6.72. The van der Waals surface area contributed by atoms with E-state index in [9.17, 15) is 4.39 Å². The summed E-state index contributed by atoms with van der Waals surface area (Å²) in [5, 5.41) is 0. The summed E-state index contributed by atoms with van der Waals surface area (Å²) in [7, 11) is 0. The summed E-state index contributed by atoms with van der Waals surface area (Å²) < 4.78 is 13.8. The second-order valence-corrected chi connectivity index (χ2v) is 10.2. The van der Waals surface area contributed by atoms with Crippen LogP contribution in [0.4, 0.5) is 10.1 Å². The standard InChI is InChI=1S/C32H43FN2/c1-8-10-11-30(29-14-13-28(33)21-24(29)6)27-12-15-31(25(7)20-27)34-32(23(5)9-2)26-16-18-35(19-17-26)22(3)4/h11-15,20-21,23,26H,3,8-10,16-19H2,1-2,4-7H3/b30-11-,34-32?. The third-order valence-corrected chi connectivity index (χ3v) is 7.44. The van der Waals surface area contributed by atoms with E-state index >= 15 is 0 Å². The van der Waals surface area contributed by atoms with E-state index in [-0.39, 0.29) is 5.82 Å². The van der Waals surface area contributed by atoms with E-state index in [2.05, 4.69) is 70.4 Å². The smallest absolute Gasteiger partial charge is 0.123 e. The second kappa shape index (κ2) is 12.3. The SMILES string of the molecule is C=C(C)N1CCC(C(=Nc2ccc(/C(=C/CCC)c3ccc(F)cc3C)cc2C)C(C)CC)CC1. The van der Waals surface area contributed by atoms with Crippen molar-refractivity contribution >= 4 is 17.0 Å². The van der Waals surface area contributed by atoms with Crippen molar-refractivity contribution in [2.24, 2.45) is 16.8 Å². The first-order chi connectivity index (χ1) is 16.7. The van der Waals surface area contributed by atoms with Crippen molar-refractivity contribution in [3.05, 3.63) is 82.8 Å². The fourth-order valence-electron chi connectivity index (χ4n) is 5.06. The number of piperidine rings is 1. The highest BCUT2D eigenvalue weighted by molar-refractivity contribution is 5.91. The molecule has 0 spiro atoms. The molecular formula is C32H43FN2. The molecule has 1 atom stereocenters. The van der Waals surface area contributed by atoms with Crippen LogP contribution in [0.15, 0.2) is 59.7 Å². The molecule has 0 amide bonds. The van der Waals surface area contributed by atoms with Crippen LogP contribution in [-0.2, 0) is 0 Å². The highest BCUT2D eigenvalue weighted by atomic mass is 19.1. The van der Waals surface area contributed by atoms with Crippen molar-refractivity contribution < 1.29 is 4.39 Å². The normalized spacial score (nSPS) is 16.5. The summed E-state index contributed by atoms with van der Waals surface area (Å²) >= 11 is 0. The minimum Gasteiger partial charge on any atom is -0.375 e. The van der Waals surface area contributed by atoms with Crippen LogP contribution in [0, 0.1) is 31.5 Å². The summed E-state index contributed by atoms with van der Waals surface area (Å²) in [5.74, 6) is 0.812. The Morgan fingerprint density at radius 3 is 2.40 bits per heavy atom. The number of rotatable bonds is 9. The number of likely N-dealkylation sites (tertiary alicyclic amines) is 1. The Bertz CT molecular complexity index is 1090. The van der Waals surface area contributed by atoms with Crippen molar-refractivity contribution in [1.82, 2.24) is 4.90 Å². The van der Waals surface area contributed by atoms with Crippen molar-refractivity contribution in [3.8, 4) is 0 Å². The zero-order chi connectivity index (χ0) is 25.5. The van der Waals surface area contributed by atoms with Crippen LogP contribution in [0.2, 0.25) is 0 Å². The van der Waals surface area contributed by atoms with Crippen LogP contribution in [0.5, 0.6) is 0 Å². The molecule has 0 aliphatic carbocycles. The lowest BCUT2D eigenvalue weighted by atomic mass is 9.84.